The van der Waals surface area contributed by atoms with Crippen LogP contribution in [0, 0.1) is 64.2 Å². The second kappa shape index (κ2) is 12.2. The topological polar surface area (TPSA) is 0 Å². The quantitative estimate of drug-likeness (QED) is 0.524. The monoisotopic (exact) mass is 255 g/mol. The van der Waals surface area contributed by atoms with Crippen LogP contribution in [0.15, 0.2) is 0 Å². The van der Waals surface area contributed by atoms with Gasteiger partial charge < -0.3 is 12.4 Å². The molecule has 12 heavy (non-hydrogen) atoms. The second-order valence-electron chi connectivity index (χ2n) is 1.92. The van der Waals surface area contributed by atoms with Gasteiger partial charge in [-0.3, -0.25) is 0 Å². The van der Waals surface area contributed by atoms with Crippen molar-refractivity contribution in [2.24, 2.45) is 0 Å². The van der Waals surface area contributed by atoms with E-state index in [0.717, 1.165) is 0 Å². The molecule has 0 saturated heterocycles. The van der Waals surface area contributed by atoms with E-state index in [0.29, 0.717) is 0 Å². The molecule has 2 aliphatic carbocycles. The van der Waals surface area contributed by atoms with Gasteiger partial charge in [0.05, 0.1) is 0 Å². The van der Waals surface area contributed by atoms with Crippen molar-refractivity contribution in [2.75, 3.05) is 0 Å². The maximum Gasteiger partial charge on any atom is 2.00 e. The molecule has 2 aliphatic rings. The first kappa shape index (κ1) is 15.6. The molecule has 0 aromatic heterocycles. The molecule has 0 nitrogen and oxygen atoms in total. The van der Waals surface area contributed by atoms with Crippen molar-refractivity contribution in [3.05, 3.63) is 64.2 Å². The Hall–Kier alpha value is 1.17. The summed E-state index contributed by atoms with van der Waals surface area (Å²) in [5.74, 6) is 0. The smallest absolute Gasteiger partial charge is 1.00 e. The average Bonchev–Trinajstić information content (AvgIpc) is 2.67. The predicted octanol–water partition coefficient (Wildman–Crippen LogP) is -0.956. The van der Waals surface area contributed by atoms with Gasteiger partial charge in [-0.15, -0.1) is 0 Å². The molecule has 0 spiro atoms. The van der Waals surface area contributed by atoms with Crippen LogP contribution in [0.4, 0.5) is 0 Å². The Morgan fingerprint density at radius 1 is 0.333 bits per heavy atom. The van der Waals surface area contributed by atoms with Crippen molar-refractivity contribution in [1.29, 1.82) is 0 Å². The normalized spacial score (nSPS) is 20.0. The Morgan fingerprint density at radius 2 is 0.417 bits per heavy atom. The fraction of sp³-hybridized carbons (Fsp3) is 0. The molecular formula is C10H10ClZr+. The standard InChI is InChI=1S/2C5H5.ClH.Zr/c2*1-2-4-5-3-1;;/h2*1-5H;1H;/q;;;+2/p-1. The van der Waals surface area contributed by atoms with Gasteiger partial charge in [0.15, 0.2) is 0 Å². The summed E-state index contributed by atoms with van der Waals surface area (Å²) in [6.45, 7) is 0. The first-order chi connectivity index (χ1) is 5.00. The van der Waals surface area contributed by atoms with Crippen LogP contribution in [0.2, 0.25) is 0 Å². The van der Waals surface area contributed by atoms with Crippen LogP contribution in [0.1, 0.15) is 0 Å². The summed E-state index contributed by atoms with van der Waals surface area (Å²) in [5, 5.41) is 0. The molecule has 2 fully saturated rings. The first-order valence-corrected chi connectivity index (χ1v) is 3.33. The molecule has 0 bridgehead atoms. The molecule has 0 atom stereocenters. The maximum absolute atomic E-state index is 2.00. The molecule has 10 radical (unpaired) electrons. The fourth-order valence-electron chi connectivity index (χ4n) is 0.642. The van der Waals surface area contributed by atoms with Crippen LogP contribution in [-0.4, -0.2) is 0 Å². The second-order valence-corrected chi connectivity index (χ2v) is 1.92. The van der Waals surface area contributed by atoms with Crippen molar-refractivity contribution in [3.8, 4) is 0 Å². The summed E-state index contributed by atoms with van der Waals surface area (Å²) < 4.78 is 0. The van der Waals surface area contributed by atoms with Crippen molar-refractivity contribution >= 4 is 0 Å². The Morgan fingerprint density at radius 3 is 0.500 bits per heavy atom. The van der Waals surface area contributed by atoms with Gasteiger partial charge in [-0.25, -0.2) is 0 Å². The van der Waals surface area contributed by atoms with E-state index in [9.17, 15) is 0 Å². The Labute approximate surface area is 102 Å². The SMILES string of the molecule is [CH]1[CH][CH][CH][CH]1.[CH]1[CH][CH][CH][CH]1.[Cl-].[Zr+2]. The average molecular weight is 257 g/mol. The van der Waals surface area contributed by atoms with Gasteiger partial charge in [-0.1, -0.05) is 0 Å². The van der Waals surface area contributed by atoms with Crippen LogP contribution in [-0.2, 0) is 26.2 Å². The third-order valence-corrected chi connectivity index (χ3v) is 1.11. The van der Waals surface area contributed by atoms with Crippen molar-refractivity contribution in [3.63, 3.8) is 0 Å². The predicted molar refractivity (Wildman–Crippen MR) is 43.0 cm³/mol. The molecule has 0 unspecified atom stereocenters. The minimum atomic E-state index is 0. The summed E-state index contributed by atoms with van der Waals surface area (Å²) in [5.41, 5.74) is 0. The Balaban J connectivity index is 0. The van der Waals surface area contributed by atoms with E-state index in [4.69, 9.17) is 0 Å². The third kappa shape index (κ3) is 9.26. The minimum Gasteiger partial charge on any atom is -1.00 e. The molecule has 0 amide bonds. The summed E-state index contributed by atoms with van der Waals surface area (Å²) >= 11 is 0. The molecule has 0 aromatic rings. The van der Waals surface area contributed by atoms with Gasteiger partial charge >= 0.3 is 26.2 Å². The number of hydrogen-bond acceptors (Lipinski definition) is 0. The van der Waals surface area contributed by atoms with Crippen LogP contribution in [0.5, 0.6) is 0 Å². The third-order valence-electron chi connectivity index (χ3n) is 1.11. The Kier molecular flexibility index (Phi) is 15.9. The van der Waals surface area contributed by atoms with E-state index in [1.54, 1.807) is 0 Å². The van der Waals surface area contributed by atoms with E-state index in [1.165, 1.54) is 0 Å². The van der Waals surface area contributed by atoms with Gasteiger partial charge in [-0.05, 0) is 64.2 Å². The molecule has 2 heteroatoms. The van der Waals surface area contributed by atoms with Gasteiger partial charge in [0.25, 0.3) is 0 Å². The van der Waals surface area contributed by atoms with E-state index in [2.05, 4.69) is 0 Å². The van der Waals surface area contributed by atoms with Crippen LogP contribution in [0.3, 0.4) is 0 Å². The van der Waals surface area contributed by atoms with Crippen molar-refractivity contribution < 1.29 is 38.6 Å². The summed E-state index contributed by atoms with van der Waals surface area (Å²) in [6.07, 6.45) is 20.0. The molecule has 0 aliphatic heterocycles. The van der Waals surface area contributed by atoms with Crippen LogP contribution < -0.4 is 12.4 Å². The van der Waals surface area contributed by atoms with Gasteiger partial charge in [0.2, 0.25) is 0 Å². The molecule has 0 aromatic carbocycles. The van der Waals surface area contributed by atoms with Gasteiger partial charge in [0, 0.05) is 0 Å². The van der Waals surface area contributed by atoms with E-state index < -0.39 is 0 Å². The maximum atomic E-state index is 2.00. The zero-order valence-corrected chi connectivity index (χ0v) is 9.87. The van der Waals surface area contributed by atoms with Crippen LogP contribution >= 0.6 is 0 Å². The number of halogens is 1. The molecule has 0 heterocycles. The number of hydrogen-bond donors (Lipinski definition) is 0. The molecule has 2 rings (SSSR count). The van der Waals surface area contributed by atoms with Crippen molar-refractivity contribution in [1.82, 2.24) is 0 Å². The number of rotatable bonds is 0. The summed E-state index contributed by atoms with van der Waals surface area (Å²) in [6, 6.07) is 0. The van der Waals surface area contributed by atoms with Gasteiger partial charge in [0.1, 0.15) is 0 Å². The molecule has 60 valence electrons. The zero-order valence-electron chi connectivity index (χ0n) is 6.65. The fourth-order valence-corrected chi connectivity index (χ4v) is 0.642. The Bertz CT molecular complexity index is 43.0. The van der Waals surface area contributed by atoms with E-state index >= 15 is 0 Å². The van der Waals surface area contributed by atoms with Crippen LogP contribution in [0.25, 0.3) is 0 Å². The van der Waals surface area contributed by atoms with Gasteiger partial charge in [-0.2, -0.15) is 0 Å². The zero-order chi connectivity index (χ0) is 7.07. The molecule has 2 saturated carbocycles. The largest absolute Gasteiger partial charge is 2.00 e. The first-order valence-electron chi connectivity index (χ1n) is 3.33. The molecule has 0 N–H and O–H groups in total. The minimum absolute atomic E-state index is 0. The molecular weight excluding hydrogens is 247 g/mol. The van der Waals surface area contributed by atoms with Crippen molar-refractivity contribution in [2.45, 2.75) is 0 Å². The van der Waals surface area contributed by atoms with E-state index in [1.807, 2.05) is 64.2 Å². The van der Waals surface area contributed by atoms with E-state index in [-0.39, 0.29) is 38.6 Å². The summed E-state index contributed by atoms with van der Waals surface area (Å²) in [4.78, 5) is 0. The summed E-state index contributed by atoms with van der Waals surface area (Å²) in [7, 11) is 0.